The van der Waals surface area contributed by atoms with Crippen molar-refractivity contribution >= 4 is 27.2 Å². The summed E-state index contributed by atoms with van der Waals surface area (Å²) in [5.74, 6) is 0. The molecule has 4 aromatic rings. The van der Waals surface area contributed by atoms with E-state index in [4.69, 9.17) is 9.97 Å². The third-order valence-electron chi connectivity index (χ3n) is 5.43. The van der Waals surface area contributed by atoms with Crippen molar-refractivity contribution < 1.29 is 0 Å². The van der Waals surface area contributed by atoms with Crippen molar-refractivity contribution in [3.63, 3.8) is 0 Å². The first kappa shape index (κ1) is 17.5. The Balaban J connectivity index is 1.48. The van der Waals surface area contributed by atoms with Gasteiger partial charge in [0.1, 0.15) is 10.7 Å². The zero-order valence-corrected chi connectivity index (χ0v) is 16.7. The molecule has 0 aliphatic carbocycles. The van der Waals surface area contributed by atoms with Gasteiger partial charge in [0.05, 0.1) is 22.0 Å². The topological polar surface area (TPSA) is 50.5 Å². The van der Waals surface area contributed by atoms with Gasteiger partial charge in [-0.15, -0.1) is 11.3 Å². The number of benzene rings is 1. The van der Waals surface area contributed by atoms with Crippen LogP contribution in [-0.4, -0.2) is 25.8 Å². The van der Waals surface area contributed by atoms with E-state index in [1.54, 1.807) is 21.8 Å². The number of thiazole rings is 1. The Labute approximate surface area is 167 Å². The van der Waals surface area contributed by atoms with E-state index in [0.717, 1.165) is 29.7 Å². The molecule has 0 N–H and O–H groups in total. The zero-order chi connectivity index (χ0) is 19.1. The van der Waals surface area contributed by atoms with Crippen LogP contribution in [0.15, 0.2) is 53.5 Å². The molecule has 1 aliphatic heterocycles. The lowest BCUT2D eigenvalue weighted by Gasteiger charge is -2.34. The highest BCUT2D eigenvalue weighted by molar-refractivity contribution is 7.18. The number of pyridine rings is 1. The van der Waals surface area contributed by atoms with Crippen LogP contribution in [-0.2, 0) is 6.54 Å². The fraction of sp³-hybridized carbons (Fsp3) is 0.318. The van der Waals surface area contributed by atoms with Crippen molar-refractivity contribution in [2.45, 2.75) is 38.8 Å². The number of hydrogen-bond donors (Lipinski definition) is 0. The van der Waals surface area contributed by atoms with Gasteiger partial charge >= 0.3 is 0 Å². The SMILES string of the molecule is Cc1ccc2nc(CN3CCCC[C@H]3c3nc4ccccc4s3)cc(=O)n2c1. The molecule has 1 saturated heterocycles. The normalized spacial score (nSPS) is 18.1. The van der Waals surface area contributed by atoms with Crippen LogP contribution in [0.3, 0.4) is 0 Å². The van der Waals surface area contributed by atoms with E-state index in [-0.39, 0.29) is 5.56 Å². The molecular formula is C22H22N4OS. The number of piperidine rings is 1. The summed E-state index contributed by atoms with van der Waals surface area (Å²) >= 11 is 1.79. The van der Waals surface area contributed by atoms with E-state index in [9.17, 15) is 4.79 Å². The molecule has 142 valence electrons. The quantitative estimate of drug-likeness (QED) is 0.522. The largest absolute Gasteiger partial charge is 0.288 e. The number of aryl methyl sites for hydroxylation is 1. The number of likely N-dealkylation sites (tertiary alicyclic amines) is 1. The van der Waals surface area contributed by atoms with E-state index in [0.29, 0.717) is 18.2 Å². The molecule has 28 heavy (non-hydrogen) atoms. The second-order valence-corrected chi connectivity index (χ2v) is 8.58. The van der Waals surface area contributed by atoms with Crippen molar-refractivity contribution in [2.75, 3.05) is 6.54 Å². The molecule has 1 aromatic carbocycles. The predicted molar refractivity (Wildman–Crippen MR) is 113 cm³/mol. The van der Waals surface area contributed by atoms with Gasteiger partial charge in [-0.3, -0.25) is 14.1 Å². The first-order valence-corrected chi connectivity index (χ1v) is 10.6. The molecule has 3 aromatic heterocycles. The fourth-order valence-corrected chi connectivity index (χ4v) is 5.18. The van der Waals surface area contributed by atoms with Crippen molar-refractivity contribution in [2.24, 2.45) is 0 Å². The molecule has 1 fully saturated rings. The molecule has 5 nitrogen and oxygen atoms in total. The molecule has 6 heteroatoms. The van der Waals surface area contributed by atoms with Crippen LogP contribution in [0.25, 0.3) is 15.9 Å². The van der Waals surface area contributed by atoms with E-state index in [2.05, 4.69) is 23.1 Å². The van der Waals surface area contributed by atoms with E-state index >= 15 is 0 Å². The van der Waals surface area contributed by atoms with Crippen molar-refractivity contribution in [3.05, 3.63) is 75.3 Å². The maximum absolute atomic E-state index is 12.6. The Morgan fingerprint density at radius 2 is 2.04 bits per heavy atom. The Bertz CT molecular complexity index is 1180. The summed E-state index contributed by atoms with van der Waals surface area (Å²) in [6.07, 6.45) is 5.34. The van der Waals surface area contributed by atoms with E-state index in [1.165, 1.54) is 22.5 Å². The minimum atomic E-state index is -0.0164. The number of aromatic nitrogens is 3. The van der Waals surface area contributed by atoms with Gasteiger partial charge in [0.15, 0.2) is 0 Å². The summed E-state index contributed by atoms with van der Waals surface area (Å²) in [4.78, 5) is 24.6. The van der Waals surface area contributed by atoms with Gasteiger partial charge in [-0.05, 0) is 50.1 Å². The second kappa shape index (κ2) is 7.11. The fourth-order valence-electron chi connectivity index (χ4n) is 4.04. The number of rotatable bonds is 3. The summed E-state index contributed by atoms with van der Waals surface area (Å²) in [5, 5.41) is 1.18. The van der Waals surface area contributed by atoms with Crippen LogP contribution in [0.4, 0.5) is 0 Å². The smallest absolute Gasteiger partial charge is 0.258 e. The average Bonchev–Trinajstić information content (AvgIpc) is 3.13. The molecule has 0 saturated carbocycles. The number of hydrogen-bond acceptors (Lipinski definition) is 5. The third-order valence-corrected chi connectivity index (χ3v) is 6.57. The summed E-state index contributed by atoms with van der Waals surface area (Å²) in [6.45, 7) is 3.67. The summed E-state index contributed by atoms with van der Waals surface area (Å²) < 4.78 is 2.86. The van der Waals surface area contributed by atoms with Gasteiger partial charge < -0.3 is 0 Å². The number of fused-ring (bicyclic) bond motifs is 2. The Kier molecular flexibility index (Phi) is 4.45. The second-order valence-electron chi connectivity index (χ2n) is 7.52. The Hall–Kier alpha value is -2.57. The van der Waals surface area contributed by atoms with Gasteiger partial charge in [0, 0.05) is 18.8 Å². The monoisotopic (exact) mass is 390 g/mol. The highest BCUT2D eigenvalue weighted by Gasteiger charge is 2.27. The molecule has 0 bridgehead atoms. The van der Waals surface area contributed by atoms with Gasteiger partial charge in [-0.25, -0.2) is 9.97 Å². The Morgan fingerprint density at radius 1 is 1.14 bits per heavy atom. The third kappa shape index (κ3) is 3.23. The van der Waals surface area contributed by atoms with Crippen LogP contribution in [0.1, 0.15) is 41.6 Å². The zero-order valence-electron chi connectivity index (χ0n) is 15.8. The van der Waals surface area contributed by atoms with Gasteiger partial charge in [-0.2, -0.15) is 0 Å². The molecule has 1 atom stereocenters. The molecule has 0 spiro atoms. The lowest BCUT2D eigenvalue weighted by atomic mass is 10.0. The predicted octanol–water partition coefficient (Wildman–Crippen LogP) is 4.34. The molecule has 0 radical (unpaired) electrons. The molecule has 0 unspecified atom stereocenters. The molecule has 5 rings (SSSR count). The highest BCUT2D eigenvalue weighted by atomic mass is 32.1. The van der Waals surface area contributed by atoms with Crippen LogP contribution in [0, 0.1) is 6.92 Å². The molecule has 4 heterocycles. The van der Waals surface area contributed by atoms with Crippen molar-refractivity contribution in [1.29, 1.82) is 0 Å². The maximum atomic E-state index is 12.6. The van der Waals surface area contributed by atoms with Gasteiger partial charge in [0.2, 0.25) is 0 Å². The van der Waals surface area contributed by atoms with Gasteiger partial charge in [-0.1, -0.05) is 24.6 Å². The van der Waals surface area contributed by atoms with Crippen LogP contribution in [0.2, 0.25) is 0 Å². The van der Waals surface area contributed by atoms with Crippen LogP contribution >= 0.6 is 11.3 Å². The number of para-hydroxylation sites is 1. The molecule has 1 aliphatic rings. The minimum Gasteiger partial charge on any atom is -0.288 e. The maximum Gasteiger partial charge on any atom is 0.258 e. The molecule has 0 amide bonds. The Morgan fingerprint density at radius 3 is 2.93 bits per heavy atom. The van der Waals surface area contributed by atoms with Crippen molar-refractivity contribution in [1.82, 2.24) is 19.3 Å². The lowest BCUT2D eigenvalue weighted by molar-refractivity contribution is 0.138. The minimum absolute atomic E-state index is 0.0164. The summed E-state index contributed by atoms with van der Waals surface area (Å²) in [7, 11) is 0. The average molecular weight is 391 g/mol. The first-order chi connectivity index (χ1) is 13.7. The standard InChI is InChI=1S/C22H22N4OS/c1-15-9-10-20-23-16(12-21(27)26(20)13-15)14-25-11-5-4-7-18(25)22-24-17-6-2-3-8-19(17)28-22/h2-3,6,8-10,12-13,18H,4-5,7,11,14H2,1H3/t18-/m0/s1. The summed E-state index contributed by atoms with van der Waals surface area (Å²) in [5.41, 5.74) is 3.65. The summed E-state index contributed by atoms with van der Waals surface area (Å²) in [6, 6.07) is 14.2. The van der Waals surface area contributed by atoms with E-state index < -0.39 is 0 Å². The van der Waals surface area contributed by atoms with Crippen LogP contribution in [0.5, 0.6) is 0 Å². The van der Waals surface area contributed by atoms with Gasteiger partial charge in [0.25, 0.3) is 5.56 Å². The van der Waals surface area contributed by atoms with Crippen molar-refractivity contribution in [3.8, 4) is 0 Å². The molecular weight excluding hydrogens is 368 g/mol. The highest BCUT2D eigenvalue weighted by Crippen LogP contribution is 2.36. The number of nitrogens with zero attached hydrogens (tertiary/aromatic N) is 4. The van der Waals surface area contributed by atoms with Crippen LogP contribution < -0.4 is 5.56 Å². The first-order valence-electron chi connectivity index (χ1n) is 9.76. The van der Waals surface area contributed by atoms with E-state index in [1.807, 2.05) is 31.3 Å². The lowest BCUT2D eigenvalue weighted by Crippen LogP contribution is -2.33.